The number of aliphatic carboxylic acids is 1. The van der Waals surface area contributed by atoms with Crippen molar-refractivity contribution >= 4 is 23.6 Å². The van der Waals surface area contributed by atoms with Crippen LogP contribution < -0.4 is 0 Å². The lowest BCUT2D eigenvalue weighted by atomic mass is 10.0. The van der Waals surface area contributed by atoms with E-state index in [2.05, 4.69) is 0 Å². The van der Waals surface area contributed by atoms with Gasteiger partial charge in [0.15, 0.2) is 0 Å². The van der Waals surface area contributed by atoms with Gasteiger partial charge in [-0.3, -0.25) is 0 Å². The topological polar surface area (TPSA) is 74.6 Å². The molecule has 100 valence electrons. The van der Waals surface area contributed by atoms with Crippen molar-refractivity contribution in [3.63, 3.8) is 0 Å². The molecule has 2 N–H and O–H groups in total. The van der Waals surface area contributed by atoms with Gasteiger partial charge in [0.1, 0.15) is 0 Å². The van der Waals surface area contributed by atoms with E-state index >= 15 is 0 Å². The summed E-state index contributed by atoms with van der Waals surface area (Å²) in [6.45, 7) is 0. The van der Waals surface area contributed by atoms with E-state index in [1.807, 2.05) is 6.07 Å². The molecule has 0 saturated carbocycles. The Morgan fingerprint density at radius 1 is 0.800 bits per heavy atom. The van der Waals surface area contributed by atoms with E-state index in [1.54, 1.807) is 36.4 Å². The van der Waals surface area contributed by atoms with Gasteiger partial charge in [-0.15, -0.1) is 0 Å². The number of aromatic carboxylic acids is 1. The Morgan fingerprint density at radius 3 is 1.90 bits per heavy atom. The van der Waals surface area contributed by atoms with Crippen molar-refractivity contribution in [2.24, 2.45) is 0 Å². The van der Waals surface area contributed by atoms with Crippen LogP contribution in [-0.2, 0) is 4.79 Å². The molecule has 0 aromatic heterocycles. The van der Waals surface area contributed by atoms with Gasteiger partial charge in [-0.2, -0.15) is 0 Å². The highest BCUT2D eigenvalue weighted by Gasteiger charge is 2.10. The highest BCUT2D eigenvalue weighted by atomic mass is 16.4. The lowest BCUT2D eigenvalue weighted by molar-refractivity contribution is -0.130. The van der Waals surface area contributed by atoms with E-state index in [9.17, 15) is 14.7 Å². The van der Waals surface area contributed by atoms with Crippen LogP contribution in [0.15, 0.2) is 54.6 Å². The highest BCUT2D eigenvalue weighted by molar-refractivity contribution is 6.20. The first-order valence-electron chi connectivity index (χ1n) is 5.91. The minimum Gasteiger partial charge on any atom is -0.478 e. The third-order valence-electron chi connectivity index (χ3n) is 2.78. The zero-order valence-electron chi connectivity index (χ0n) is 10.5. The van der Waals surface area contributed by atoms with E-state index in [-0.39, 0.29) is 11.1 Å². The molecule has 0 aliphatic heterocycles. The van der Waals surface area contributed by atoms with Gasteiger partial charge in [0.05, 0.1) is 11.1 Å². The molecule has 0 saturated heterocycles. The van der Waals surface area contributed by atoms with Crippen molar-refractivity contribution in [2.75, 3.05) is 0 Å². The standard InChI is InChI=1S/C16H12O4/c17-15(18)13-8-6-11(7-9-13)10-14(16(19)20)12-4-2-1-3-5-12/h1-10H,(H,17,18)(H,19,20). The second-order valence-electron chi connectivity index (χ2n) is 4.16. The van der Waals surface area contributed by atoms with Gasteiger partial charge in [-0.1, -0.05) is 42.5 Å². The maximum absolute atomic E-state index is 11.3. The number of carbonyl (C=O) groups is 2. The number of rotatable bonds is 4. The number of hydrogen-bond acceptors (Lipinski definition) is 2. The van der Waals surface area contributed by atoms with Crippen molar-refractivity contribution in [2.45, 2.75) is 0 Å². The van der Waals surface area contributed by atoms with Crippen LogP contribution in [0, 0.1) is 0 Å². The first-order valence-corrected chi connectivity index (χ1v) is 5.91. The molecule has 0 aliphatic carbocycles. The lowest BCUT2D eigenvalue weighted by Gasteiger charge is -2.03. The molecule has 20 heavy (non-hydrogen) atoms. The van der Waals surface area contributed by atoms with Crippen LogP contribution in [0.5, 0.6) is 0 Å². The number of hydrogen-bond donors (Lipinski definition) is 2. The summed E-state index contributed by atoms with van der Waals surface area (Å²) in [4.78, 5) is 22.1. The van der Waals surface area contributed by atoms with Gasteiger partial charge in [-0.05, 0) is 29.3 Å². The maximum Gasteiger partial charge on any atom is 0.336 e. The molecule has 2 aromatic rings. The fourth-order valence-corrected chi connectivity index (χ4v) is 1.77. The van der Waals surface area contributed by atoms with Gasteiger partial charge in [0.25, 0.3) is 0 Å². The van der Waals surface area contributed by atoms with E-state index in [4.69, 9.17) is 5.11 Å². The van der Waals surface area contributed by atoms with Crippen molar-refractivity contribution in [1.82, 2.24) is 0 Å². The van der Waals surface area contributed by atoms with Crippen LogP contribution >= 0.6 is 0 Å². The van der Waals surface area contributed by atoms with Gasteiger partial charge in [-0.25, -0.2) is 9.59 Å². The smallest absolute Gasteiger partial charge is 0.336 e. The Hall–Kier alpha value is -2.88. The van der Waals surface area contributed by atoms with Gasteiger partial charge in [0.2, 0.25) is 0 Å². The summed E-state index contributed by atoms with van der Waals surface area (Å²) in [5.74, 6) is -2.04. The van der Waals surface area contributed by atoms with E-state index < -0.39 is 11.9 Å². The Kier molecular flexibility index (Phi) is 3.96. The fraction of sp³-hybridized carbons (Fsp3) is 0. The fourth-order valence-electron chi connectivity index (χ4n) is 1.77. The molecular weight excluding hydrogens is 256 g/mol. The number of carboxylic acids is 2. The molecule has 0 heterocycles. The molecule has 0 atom stereocenters. The minimum atomic E-state index is -1.03. The molecular formula is C16H12O4. The quantitative estimate of drug-likeness (QED) is 0.660. The normalized spacial score (nSPS) is 11.1. The van der Waals surface area contributed by atoms with Gasteiger partial charge in [0, 0.05) is 0 Å². The van der Waals surface area contributed by atoms with Crippen LogP contribution in [0.2, 0.25) is 0 Å². The second kappa shape index (κ2) is 5.84. The summed E-state index contributed by atoms with van der Waals surface area (Å²) in [6.07, 6.45) is 1.52. The SMILES string of the molecule is O=C(O)C(=Cc1ccc(C(=O)O)cc1)c1ccccc1. The summed E-state index contributed by atoms with van der Waals surface area (Å²) in [5.41, 5.74) is 1.56. The molecule has 0 unspecified atom stereocenters. The van der Waals surface area contributed by atoms with Crippen molar-refractivity contribution < 1.29 is 19.8 Å². The molecule has 4 nitrogen and oxygen atoms in total. The maximum atomic E-state index is 11.3. The summed E-state index contributed by atoms with van der Waals surface area (Å²) in [7, 11) is 0. The zero-order valence-corrected chi connectivity index (χ0v) is 10.5. The average molecular weight is 268 g/mol. The van der Waals surface area contributed by atoms with Crippen LogP contribution in [0.1, 0.15) is 21.5 Å². The Balaban J connectivity index is 2.39. The Morgan fingerprint density at radius 2 is 1.40 bits per heavy atom. The predicted molar refractivity (Wildman–Crippen MR) is 75.4 cm³/mol. The third-order valence-corrected chi connectivity index (χ3v) is 2.78. The van der Waals surface area contributed by atoms with E-state index in [1.165, 1.54) is 18.2 Å². The molecule has 0 spiro atoms. The summed E-state index contributed by atoms with van der Waals surface area (Å²) in [5, 5.41) is 18.1. The monoisotopic (exact) mass is 268 g/mol. The van der Waals surface area contributed by atoms with Crippen molar-refractivity contribution in [3.05, 3.63) is 71.3 Å². The average Bonchev–Trinajstić information content (AvgIpc) is 2.46. The second-order valence-corrected chi connectivity index (χ2v) is 4.16. The molecule has 0 bridgehead atoms. The first-order chi connectivity index (χ1) is 9.58. The zero-order chi connectivity index (χ0) is 14.5. The molecule has 0 aliphatic rings. The number of carboxylic acid groups (broad SMARTS) is 2. The predicted octanol–water partition coefficient (Wildman–Crippen LogP) is 3.01. The molecule has 2 rings (SSSR count). The Bertz CT molecular complexity index is 655. The van der Waals surface area contributed by atoms with Gasteiger partial charge < -0.3 is 10.2 Å². The van der Waals surface area contributed by atoms with Crippen LogP contribution in [0.3, 0.4) is 0 Å². The van der Waals surface area contributed by atoms with Crippen LogP contribution in [-0.4, -0.2) is 22.2 Å². The van der Waals surface area contributed by atoms with Crippen LogP contribution in [0.25, 0.3) is 11.6 Å². The summed E-state index contributed by atoms with van der Waals surface area (Å²) >= 11 is 0. The molecule has 4 heteroatoms. The van der Waals surface area contributed by atoms with E-state index in [0.29, 0.717) is 11.1 Å². The van der Waals surface area contributed by atoms with Gasteiger partial charge >= 0.3 is 11.9 Å². The van der Waals surface area contributed by atoms with E-state index in [0.717, 1.165) is 0 Å². The van der Waals surface area contributed by atoms with Crippen LogP contribution in [0.4, 0.5) is 0 Å². The minimum absolute atomic E-state index is 0.161. The molecule has 2 aromatic carbocycles. The number of benzene rings is 2. The summed E-state index contributed by atoms with van der Waals surface area (Å²) in [6, 6.07) is 14.8. The molecule has 0 radical (unpaired) electrons. The summed E-state index contributed by atoms with van der Waals surface area (Å²) < 4.78 is 0. The Labute approximate surface area is 115 Å². The van der Waals surface area contributed by atoms with Crippen molar-refractivity contribution in [3.8, 4) is 0 Å². The largest absolute Gasteiger partial charge is 0.478 e. The molecule has 0 amide bonds. The molecule has 0 fully saturated rings. The van der Waals surface area contributed by atoms with Crippen molar-refractivity contribution in [1.29, 1.82) is 0 Å². The third kappa shape index (κ3) is 3.11. The lowest BCUT2D eigenvalue weighted by Crippen LogP contribution is -1.99. The highest BCUT2D eigenvalue weighted by Crippen LogP contribution is 2.18. The first kappa shape index (κ1) is 13.5.